The van der Waals surface area contributed by atoms with Crippen molar-refractivity contribution in [2.75, 3.05) is 6.54 Å². The van der Waals surface area contributed by atoms with Gasteiger partial charge in [0.05, 0.1) is 23.3 Å². The molecule has 1 N–H and O–H groups in total. The van der Waals surface area contributed by atoms with E-state index in [-0.39, 0.29) is 11.9 Å². The lowest BCUT2D eigenvalue weighted by Gasteiger charge is -2.35. The Balaban J connectivity index is 1.77. The number of aryl methyl sites for hydroxylation is 1. The number of rotatable bonds is 4. The average molecular weight is 348 g/mol. The highest BCUT2D eigenvalue weighted by Gasteiger charge is 2.35. The Morgan fingerprint density at radius 3 is 3.04 bits per heavy atom. The summed E-state index contributed by atoms with van der Waals surface area (Å²) in [6, 6.07) is 3.60. The summed E-state index contributed by atoms with van der Waals surface area (Å²) in [7, 11) is 0. The summed E-state index contributed by atoms with van der Waals surface area (Å²) in [5.41, 5.74) is 4.27. The Kier molecular flexibility index (Phi) is 4.43. The minimum absolute atomic E-state index is 0.0587. The maximum atomic E-state index is 13.4. The van der Waals surface area contributed by atoms with Gasteiger partial charge in [-0.25, -0.2) is 15.0 Å². The zero-order valence-electron chi connectivity index (χ0n) is 14.6. The lowest BCUT2D eigenvalue weighted by Crippen LogP contribution is -2.41. The van der Waals surface area contributed by atoms with Gasteiger partial charge in [0.15, 0.2) is 0 Å². The van der Waals surface area contributed by atoms with E-state index in [0.717, 1.165) is 41.9 Å². The maximum absolute atomic E-state index is 13.4. The quantitative estimate of drug-likeness (QED) is 0.782. The van der Waals surface area contributed by atoms with Crippen LogP contribution in [0.25, 0.3) is 0 Å². The molecule has 26 heavy (non-hydrogen) atoms. The van der Waals surface area contributed by atoms with E-state index in [4.69, 9.17) is 0 Å². The molecule has 4 heterocycles. The molecule has 0 fully saturated rings. The number of carbonyl (C=O) groups excluding carboxylic acids is 1. The molecule has 0 radical (unpaired) electrons. The van der Waals surface area contributed by atoms with E-state index in [9.17, 15) is 4.79 Å². The Bertz CT molecular complexity index is 907. The Morgan fingerprint density at radius 2 is 2.23 bits per heavy atom. The normalized spacial score (nSPS) is 16.3. The number of aromatic amines is 1. The van der Waals surface area contributed by atoms with Crippen LogP contribution in [0, 0.1) is 0 Å². The van der Waals surface area contributed by atoms with E-state index >= 15 is 0 Å². The van der Waals surface area contributed by atoms with E-state index in [1.807, 2.05) is 17.0 Å². The van der Waals surface area contributed by atoms with Crippen molar-refractivity contribution < 1.29 is 4.79 Å². The van der Waals surface area contributed by atoms with Gasteiger partial charge in [-0.2, -0.15) is 0 Å². The van der Waals surface area contributed by atoms with Crippen molar-refractivity contribution in [3.8, 4) is 0 Å². The van der Waals surface area contributed by atoms with Gasteiger partial charge in [0, 0.05) is 37.3 Å². The fourth-order valence-corrected chi connectivity index (χ4v) is 3.50. The van der Waals surface area contributed by atoms with E-state index in [0.29, 0.717) is 12.1 Å². The van der Waals surface area contributed by atoms with Gasteiger partial charge < -0.3 is 9.88 Å². The number of hydrogen-bond acceptors (Lipinski definition) is 5. The number of pyridine rings is 1. The predicted molar refractivity (Wildman–Crippen MR) is 95.4 cm³/mol. The first-order valence-electron chi connectivity index (χ1n) is 8.81. The first-order valence-corrected chi connectivity index (χ1v) is 8.81. The lowest BCUT2D eigenvalue weighted by molar-refractivity contribution is 0.0688. The zero-order valence-corrected chi connectivity index (χ0v) is 14.6. The molecule has 0 spiro atoms. The number of fused-ring (bicyclic) bond motifs is 1. The molecule has 1 amide bonds. The molecule has 1 aliphatic rings. The second-order valence-electron chi connectivity index (χ2n) is 6.34. The second kappa shape index (κ2) is 7.03. The van der Waals surface area contributed by atoms with E-state index in [1.54, 1.807) is 24.9 Å². The van der Waals surface area contributed by atoms with Crippen molar-refractivity contribution in [2.45, 2.75) is 32.2 Å². The minimum Gasteiger partial charge on any atom is -0.348 e. The van der Waals surface area contributed by atoms with Crippen LogP contribution in [0.5, 0.6) is 0 Å². The predicted octanol–water partition coefficient (Wildman–Crippen LogP) is 2.34. The molecule has 4 rings (SSSR count). The van der Waals surface area contributed by atoms with E-state index < -0.39 is 0 Å². The van der Waals surface area contributed by atoms with Gasteiger partial charge in [0.25, 0.3) is 5.91 Å². The lowest BCUT2D eigenvalue weighted by atomic mass is 9.95. The average Bonchev–Trinajstić information content (AvgIpc) is 3.17. The Hall–Kier alpha value is -3.09. The zero-order chi connectivity index (χ0) is 17.9. The monoisotopic (exact) mass is 348 g/mol. The number of H-pyrrole nitrogens is 1. The van der Waals surface area contributed by atoms with Gasteiger partial charge in [-0.1, -0.05) is 19.4 Å². The SMILES string of the molecule is CCCc1ncncc1C(=O)N1CCc2[nH]cnc2C1c1cccnc1. The molecule has 0 saturated heterocycles. The number of carbonyl (C=O) groups is 1. The summed E-state index contributed by atoms with van der Waals surface area (Å²) in [5, 5.41) is 0. The highest BCUT2D eigenvalue weighted by atomic mass is 16.2. The molecule has 0 saturated carbocycles. The smallest absolute Gasteiger partial charge is 0.258 e. The van der Waals surface area contributed by atoms with E-state index in [2.05, 4.69) is 31.8 Å². The topological polar surface area (TPSA) is 87.7 Å². The number of nitrogens with zero attached hydrogens (tertiary/aromatic N) is 5. The van der Waals surface area contributed by atoms with Crippen molar-refractivity contribution in [1.82, 2.24) is 29.8 Å². The maximum Gasteiger partial charge on any atom is 0.258 e. The molecule has 7 nitrogen and oxygen atoms in total. The van der Waals surface area contributed by atoms with Crippen LogP contribution < -0.4 is 0 Å². The number of amides is 1. The fourth-order valence-electron chi connectivity index (χ4n) is 3.50. The molecule has 1 aliphatic heterocycles. The molecule has 0 bridgehead atoms. The van der Waals surface area contributed by atoms with Gasteiger partial charge in [-0.3, -0.25) is 9.78 Å². The molecule has 1 atom stereocenters. The van der Waals surface area contributed by atoms with Crippen LogP contribution in [-0.2, 0) is 12.8 Å². The van der Waals surface area contributed by atoms with Gasteiger partial charge in [-0.05, 0) is 18.1 Å². The van der Waals surface area contributed by atoms with Crippen LogP contribution in [0.4, 0.5) is 0 Å². The highest BCUT2D eigenvalue weighted by molar-refractivity contribution is 5.95. The van der Waals surface area contributed by atoms with Crippen LogP contribution in [0.3, 0.4) is 0 Å². The summed E-state index contributed by atoms with van der Waals surface area (Å²) in [6.45, 7) is 2.68. The number of aromatic nitrogens is 5. The van der Waals surface area contributed by atoms with Crippen molar-refractivity contribution in [3.05, 3.63) is 71.6 Å². The summed E-state index contributed by atoms with van der Waals surface area (Å²) in [5.74, 6) is -0.0587. The molecule has 0 aliphatic carbocycles. The molecular weight excluding hydrogens is 328 g/mol. The molecule has 3 aromatic heterocycles. The summed E-state index contributed by atoms with van der Waals surface area (Å²) in [4.78, 5) is 35.6. The number of hydrogen-bond donors (Lipinski definition) is 1. The third-order valence-electron chi connectivity index (χ3n) is 4.70. The molecule has 7 heteroatoms. The Labute approximate surface area is 151 Å². The van der Waals surface area contributed by atoms with Gasteiger partial charge in [-0.15, -0.1) is 0 Å². The first-order chi connectivity index (χ1) is 12.8. The highest BCUT2D eigenvalue weighted by Crippen LogP contribution is 2.34. The molecule has 3 aromatic rings. The summed E-state index contributed by atoms with van der Waals surface area (Å²) < 4.78 is 0. The van der Waals surface area contributed by atoms with Crippen LogP contribution in [0.1, 0.15) is 52.4 Å². The van der Waals surface area contributed by atoms with Crippen molar-refractivity contribution in [2.24, 2.45) is 0 Å². The second-order valence-corrected chi connectivity index (χ2v) is 6.34. The first kappa shape index (κ1) is 16.4. The summed E-state index contributed by atoms with van der Waals surface area (Å²) >= 11 is 0. The minimum atomic E-state index is -0.263. The van der Waals surface area contributed by atoms with Crippen molar-refractivity contribution in [3.63, 3.8) is 0 Å². The largest absolute Gasteiger partial charge is 0.348 e. The third kappa shape index (κ3) is 2.85. The molecular formula is C19H20N6O. The Morgan fingerprint density at radius 1 is 1.31 bits per heavy atom. The van der Waals surface area contributed by atoms with Crippen molar-refractivity contribution >= 4 is 5.91 Å². The van der Waals surface area contributed by atoms with Gasteiger partial charge in [0.1, 0.15) is 12.4 Å². The number of imidazole rings is 1. The van der Waals surface area contributed by atoms with Crippen LogP contribution in [-0.4, -0.2) is 42.3 Å². The molecule has 1 unspecified atom stereocenters. The molecule has 132 valence electrons. The van der Waals surface area contributed by atoms with E-state index in [1.165, 1.54) is 6.33 Å². The number of nitrogens with one attached hydrogen (secondary N) is 1. The van der Waals surface area contributed by atoms with Crippen molar-refractivity contribution in [1.29, 1.82) is 0 Å². The molecule has 0 aromatic carbocycles. The third-order valence-corrected chi connectivity index (χ3v) is 4.70. The standard InChI is InChI=1S/C19H20N6O/c1-2-4-15-14(10-21-11-22-15)19(26)25-8-6-16-17(24-12-23-16)18(25)13-5-3-7-20-9-13/h3,5,7,9-12,18H,2,4,6,8H2,1H3,(H,23,24). The van der Waals surface area contributed by atoms with Gasteiger partial charge >= 0.3 is 0 Å². The van der Waals surface area contributed by atoms with Gasteiger partial charge in [0.2, 0.25) is 0 Å². The summed E-state index contributed by atoms with van der Waals surface area (Å²) in [6.07, 6.45) is 10.8. The fraction of sp³-hybridized carbons (Fsp3) is 0.316. The van der Waals surface area contributed by atoms with Crippen LogP contribution in [0.15, 0.2) is 43.4 Å². The van der Waals surface area contributed by atoms with Crippen LogP contribution in [0.2, 0.25) is 0 Å². The van der Waals surface area contributed by atoms with Crippen LogP contribution >= 0.6 is 0 Å².